The van der Waals surface area contributed by atoms with Crippen LogP contribution in [0.1, 0.15) is 24.5 Å². The summed E-state index contributed by atoms with van der Waals surface area (Å²) in [6, 6.07) is 7.10. The first-order valence-electron chi connectivity index (χ1n) is 5.57. The maximum absolute atomic E-state index is 11.4. The quantitative estimate of drug-likeness (QED) is 0.813. The lowest BCUT2D eigenvalue weighted by molar-refractivity contribution is -0.141. The number of hydrogen-bond donors (Lipinski definition) is 2. The number of aryl methyl sites for hydroxylation is 2. The van der Waals surface area contributed by atoms with Crippen molar-refractivity contribution in [3.05, 3.63) is 35.4 Å². The van der Waals surface area contributed by atoms with Crippen molar-refractivity contribution in [3.63, 3.8) is 0 Å². The molecule has 0 saturated heterocycles. The highest BCUT2D eigenvalue weighted by atomic mass is 16.4. The normalized spacial score (nSPS) is 11.9. The van der Waals surface area contributed by atoms with Crippen LogP contribution in [-0.2, 0) is 16.0 Å². The minimum absolute atomic E-state index is 0.236. The molecule has 0 aliphatic carbocycles. The van der Waals surface area contributed by atoms with E-state index in [4.69, 9.17) is 5.11 Å². The zero-order chi connectivity index (χ0) is 12.8. The van der Waals surface area contributed by atoms with E-state index in [-0.39, 0.29) is 5.91 Å². The van der Waals surface area contributed by atoms with Gasteiger partial charge in [0.25, 0.3) is 0 Å². The fraction of sp³-hybridized carbons (Fsp3) is 0.385. The monoisotopic (exact) mass is 235 g/mol. The lowest BCUT2D eigenvalue weighted by Gasteiger charge is -2.09. The average molecular weight is 235 g/mol. The number of benzene rings is 1. The van der Waals surface area contributed by atoms with Crippen LogP contribution in [0.5, 0.6) is 0 Å². The van der Waals surface area contributed by atoms with Crippen LogP contribution in [0.4, 0.5) is 0 Å². The molecular formula is C13H17NO3. The van der Waals surface area contributed by atoms with E-state index in [9.17, 15) is 9.59 Å². The highest BCUT2D eigenvalue weighted by Crippen LogP contribution is 2.05. The maximum Gasteiger partial charge on any atom is 0.325 e. The molecule has 1 aromatic rings. The van der Waals surface area contributed by atoms with Gasteiger partial charge in [-0.15, -0.1) is 0 Å². The predicted octanol–water partition coefficient (Wildman–Crippen LogP) is 1.52. The van der Waals surface area contributed by atoms with Gasteiger partial charge in [0.15, 0.2) is 0 Å². The zero-order valence-corrected chi connectivity index (χ0v) is 10.1. The molecule has 1 unspecified atom stereocenters. The highest BCUT2D eigenvalue weighted by Gasteiger charge is 2.13. The molecule has 0 saturated carbocycles. The number of amides is 1. The Kier molecular flexibility index (Phi) is 4.69. The molecule has 17 heavy (non-hydrogen) atoms. The Morgan fingerprint density at radius 1 is 1.29 bits per heavy atom. The molecule has 0 aromatic heterocycles. The molecule has 0 heterocycles. The van der Waals surface area contributed by atoms with Gasteiger partial charge >= 0.3 is 5.97 Å². The number of carbonyl (C=O) groups is 2. The van der Waals surface area contributed by atoms with Crippen LogP contribution < -0.4 is 5.32 Å². The second-order valence-corrected chi connectivity index (χ2v) is 4.11. The van der Waals surface area contributed by atoms with Gasteiger partial charge in [-0.3, -0.25) is 9.59 Å². The van der Waals surface area contributed by atoms with E-state index in [2.05, 4.69) is 5.32 Å². The summed E-state index contributed by atoms with van der Waals surface area (Å²) in [6.45, 7) is 3.46. The van der Waals surface area contributed by atoms with Crippen molar-refractivity contribution in [3.8, 4) is 0 Å². The summed E-state index contributed by atoms with van der Waals surface area (Å²) in [6.07, 6.45) is 0.930. The van der Waals surface area contributed by atoms with Gasteiger partial charge < -0.3 is 10.4 Å². The number of rotatable bonds is 5. The van der Waals surface area contributed by atoms with Crippen LogP contribution in [0.2, 0.25) is 0 Å². The molecule has 1 rings (SSSR count). The van der Waals surface area contributed by atoms with E-state index >= 15 is 0 Å². The standard InChI is InChI=1S/C13H17NO3/c1-9-3-5-11(6-4-9)7-8-12(15)14-10(2)13(16)17/h3-6,10H,7-8H2,1-2H3,(H,14,15)(H,16,17). The number of nitrogens with one attached hydrogen (secondary N) is 1. The average Bonchev–Trinajstić information content (AvgIpc) is 2.28. The summed E-state index contributed by atoms with van der Waals surface area (Å²) in [5.74, 6) is -1.26. The third-order valence-corrected chi connectivity index (χ3v) is 2.51. The van der Waals surface area contributed by atoms with Crippen molar-refractivity contribution in [2.24, 2.45) is 0 Å². The number of carbonyl (C=O) groups excluding carboxylic acids is 1. The van der Waals surface area contributed by atoms with E-state index < -0.39 is 12.0 Å². The number of aliphatic carboxylic acids is 1. The Balaban J connectivity index is 2.38. The van der Waals surface area contributed by atoms with Gasteiger partial charge in [0.2, 0.25) is 5.91 Å². The van der Waals surface area contributed by atoms with Gasteiger partial charge in [0.05, 0.1) is 0 Å². The molecule has 0 fully saturated rings. The van der Waals surface area contributed by atoms with Crippen molar-refractivity contribution < 1.29 is 14.7 Å². The Morgan fingerprint density at radius 2 is 1.88 bits per heavy atom. The third kappa shape index (κ3) is 4.68. The molecule has 4 nitrogen and oxygen atoms in total. The second-order valence-electron chi connectivity index (χ2n) is 4.11. The first-order valence-corrected chi connectivity index (χ1v) is 5.57. The molecule has 1 atom stereocenters. The third-order valence-electron chi connectivity index (χ3n) is 2.51. The van der Waals surface area contributed by atoms with E-state index in [1.54, 1.807) is 0 Å². The topological polar surface area (TPSA) is 66.4 Å². The molecule has 0 spiro atoms. The predicted molar refractivity (Wildman–Crippen MR) is 64.7 cm³/mol. The van der Waals surface area contributed by atoms with Crippen LogP contribution >= 0.6 is 0 Å². The molecular weight excluding hydrogens is 218 g/mol. The molecule has 92 valence electrons. The molecule has 1 aromatic carbocycles. The SMILES string of the molecule is Cc1ccc(CCC(=O)NC(C)C(=O)O)cc1. The maximum atomic E-state index is 11.4. The lowest BCUT2D eigenvalue weighted by atomic mass is 10.1. The van der Waals surface area contributed by atoms with E-state index in [1.165, 1.54) is 12.5 Å². The Morgan fingerprint density at radius 3 is 2.41 bits per heavy atom. The number of carboxylic acid groups (broad SMARTS) is 1. The molecule has 1 amide bonds. The fourth-order valence-corrected chi connectivity index (χ4v) is 1.39. The summed E-state index contributed by atoms with van der Waals surface area (Å²) in [7, 11) is 0. The van der Waals surface area contributed by atoms with Crippen LogP contribution in [0.25, 0.3) is 0 Å². The molecule has 0 aliphatic heterocycles. The largest absolute Gasteiger partial charge is 0.480 e. The molecule has 0 aliphatic rings. The summed E-state index contributed by atoms with van der Waals surface area (Å²) in [4.78, 5) is 22.0. The Bertz CT molecular complexity index is 398. The van der Waals surface area contributed by atoms with Gasteiger partial charge in [-0.2, -0.15) is 0 Å². The Labute approximate surface area is 101 Å². The van der Waals surface area contributed by atoms with Gasteiger partial charge in [-0.05, 0) is 25.8 Å². The molecule has 4 heteroatoms. The Hall–Kier alpha value is -1.84. The molecule has 0 bridgehead atoms. The number of hydrogen-bond acceptors (Lipinski definition) is 2. The lowest BCUT2D eigenvalue weighted by Crippen LogP contribution is -2.38. The minimum atomic E-state index is -1.02. The van der Waals surface area contributed by atoms with E-state index in [0.29, 0.717) is 12.8 Å². The highest BCUT2D eigenvalue weighted by molar-refractivity contribution is 5.83. The van der Waals surface area contributed by atoms with Gasteiger partial charge in [0, 0.05) is 6.42 Å². The van der Waals surface area contributed by atoms with Crippen LogP contribution in [0, 0.1) is 6.92 Å². The van der Waals surface area contributed by atoms with Crippen molar-refractivity contribution in [1.29, 1.82) is 0 Å². The van der Waals surface area contributed by atoms with Gasteiger partial charge in [0.1, 0.15) is 6.04 Å². The molecule has 2 N–H and O–H groups in total. The van der Waals surface area contributed by atoms with Crippen LogP contribution in [0.15, 0.2) is 24.3 Å². The van der Waals surface area contributed by atoms with Crippen LogP contribution in [0.3, 0.4) is 0 Å². The molecule has 0 radical (unpaired) electrons. The summed E-state index contributed by atoms with van der Waals surface area (Å²) in [5.41, 5.74) is 2.26. The first-order chi connectivity index (χ1) is 7.99. The van der Waals surface area contributed by atoms with Crippen LogP contribution in [-0.4, -0.2) is 23.0 Å². The van der Waals surface area contributed by atoms with E-state index in [0.717, 1.165) is 5.56 Å². The second kappa shape index (κ2) is 6.03. The van der Waals surface area contributed by atoms with Gasteiger partial charge in [-0.25, -0.2) is 0 Å². The van der Waals surface area contributed by atoms with Crippen molar-refractivity contribution in [1.82, 2.24) is 5.32 Å². The fourth-order valence-electron chi connectivity index (χ4n) is 1.39. The zero-order valence-electron chi connectivity index (χ0n) is 10.1. The van der Waals surface area contributed by atoms with Crippen molar-refractivity contribution >= 4 is 11.9 Å². The summed E-state index contributed by atoms with van der Waals surface area (Å²) >= 11 is 0. The smallest absolute Gasteiger partial charge is 0.325 e. The van der Waals surface area contributed by atoms with Crippen molar-refractivity contribution in [2.75, 3.05) is 0 Å². The first kappa shape index (κ1) is 13.2. The summed E-state index contributed by atoms with van der Waals surface area (Å²) < 4.78 is 0. The van der Waals surface area contributed by atoms with E-state index in [1.807, 2.05) is 31.2 Å². The minimum Gasteiger partial charge on any atom is -0.480 e. The number of carboxylic acids is 1. The van der Waals surface area contributed by atoms with Crippen molar-refractivity contribution in [2.45, 2.75) is 32.7 Å². The van der Waals surface area contributed by atoms with Gasteiger partial charge in [-0.1, -0.05) is 29.8 Å². The summed E-state index contributed by atoms with van der Waals surface area (Å²) in [5, 5.41) is 11.1.